The smallest absolute Gasteiger partial charge is 0.344 e. The second-order valence-electron chi connectivity index (χ2n) is 6.33. The zero-order chi connectivity index (χ0) is 20.8. The molecule has 0 fully saturated rings. The summed E-state index contributed by atoms with van der Waals surface area (Å²) in [5.74, 6) is -5.64. The van der Waals surface area contributed by atoms with Crippen LogP contribution in [0.3, 0.4) is 0 Å². The molecule has 0 heterocycles. The quantitative estimate of drug-likeness (QED) is 0.564. The van der Waals surface area contributed by atoms with Gasteiger partial charge in [-0.15, -0.1) is 0 Å². The molecule has 0 spiro atoms. The highest BCUT2D eigenvalue weighted by Gasteiger charge is 2.21. The zero-order valence-electron chi connectivity index (χ0n) is 15.6. The number of hydrogen-bond acceptors (Lipinski definition) is 4. The van der Waals surface area contributed by atoms with Crippen molar-refractivity contribution in [3.63, 3.8) is 0 Å². The molecule has 0 aliphatic carbocycles. The van der Waals surface area contributed by atoms with Gasteiger partial charge in [0.05, 0.1) is 5.69 Å². The molecule has 0 unspecified atom stereocenters. The van der Waals surface area contributed by atoms with E-state index >= 15 is 0 Å². The summed E-state index contributed by atoms with van der Waals surface area (Å²) < 4.78 is 50.1. The summed E-state index contributed by atoms with van der Waals surface area (Å²) in [5, 5.41) is 2.04. The molecule has 2 rings (SSSR count). The van der Waals surface area contributed by atoms with Gasteiger partial charge in [0.2, 0.25) is 0 Å². The predicted octanol–water partition coefficient (Wildman–Crippen LogP) is 4.18. The van der Waals surface area contributed by atoms with Gasteiger partial charge in [0.1, 0.15) is 5.75 Å². The van der Waals surface area contributed by atoms with E-state index in [1.165, 1.54) is 6.92 Å². The Balaban J connectivity index is 1.92. The van der Waals surface area contributed by atoms with Crippen molar-refractivity contribution in [2.24, 2.45) is 0 Å². The first-order valence-electron chi connectivity index (χ1n) is 8.56. The number of halogens is 3. The Labute approximate surface area is 160 Å². The van der Waals surface area contributed by atoms with E-state index in [0.29, 0.717) is 11.8 Å². The fraction of sp³-hybridized carbons (Fsp3) is 0.300. The minimum Gasteiger partial charge on any atom is -0.482 e. The van der Waals surface area contributed by atoms with Crippen molar-refractivity contribution in [2.45, 2.75) is 32.8 Å². The number of hydrogen-bond donors (Lipinski definition) is 1. The summed E-state index contributed by atoms with van der Waals surface area (Å²) in [7, 11) is 0. The van der Waals surface area contributed by atoms with Crippen molar-refractivity contribution >= 4 is 17.6 Å². The highest BCUT2D eigenvalue weighted by molar-refractivity contribution is 5.95. The first-order valence-corrected chi connectivity index (χ1v) is 8.56. The molecule has 0 saturated carbocycles. The molecule has 0 aromatic heterocycles. The molecule has 1 amide bonds. The van der Waals surface area contributed by atoms with Crippen LogP contribution in [0, 0.1) is 17.5 Å². The Bertz CT molecular complexity index is 871. The first kappa shape index (κ1) is 21.3. The third kappa shape index (κ3) is 5.25. The molecule has 2 aromatic carbocycles. The van der Waals surface area contributed by atoms with Crippen LogP contribution in [0.4, 0.5) is 18.9 Å². The minimum atomic E-state index is -1.71. The van der Waals surface area contributed by atoms with Crippen LogP contribution in [-0.2, 0) is 14.3 Å². The van der Waals surface area contributed by atoms with Gasteiger partial charge in [0.25, 0.3) is 5.91 Å². The third-order valence-corrected chi connectivity index (χ3v) is 3.86. The number of anilines is 1. The van der Waals surface area contributed by atoms with E-state index in [4.69, 9.17) is 9.47 Å². The lowest BCUT2D eigenvalue weighted by atomic mass is 10.0. The van der Waals surface area contributed by atoms with E-state index < -0.39 is 47.7 Å². The Morgan fingerprint density at radius 2 is 1.68 bits per heavy atom. The number of amides is 1. The fourth-order valence-corrected chi connectivity index (χ4v) is 2.37. The Kier molecular flexibility index (Phi) is 7.03. The highest BCUT2D eigenvalue weighted by Crippen LogP contribution is 2.25. The molecular formula is C20H20F3NO4. The molecule has 1 atom stereocenters. The van der Waals surface area contributed by atoms with Gasteiger partial charge in [-0.25, -0.2) is 18.0 Å². The van der Waals surface area contributed by atoms with Crippen molar-refractivity contribution in [3.8, 4) is 5.75 Å². The summed E-state index contributed by atoms with van der Waals surface area (Å²) in [5.41, 5.74) is 0.351. The normalized spacial score (nSPS) is 11.8. The molecule has 150 valence electrons. The average Bonchev–Trinajstić information content (AvgIpc) is 2.66. The van der Waals surface area contributed by atoms with E-state index in [0.717, 1.165) is 11.6 Å². The first-order chi connectivity index (χ1) is 13.2. The number of esters is 1. The summed E-state index contributed by atoms with van der Waals surface area (Å²) in [6, 6.07) is 8.74. The number of benzene rings is 2. The van der Waals surface area contributed by atoms with Crippen LogP contribution in [0.15, 0.2) is 36.4 Å². The molecule has 28 heavy (non-hydrogen) atoms. The van der Waals surface area contributed by atoms with Crippen molar-refractivity contribution in [2.75, 3.05) is 11.9 Å². The highest BCUT2D eigenvalue weighted by atomic mass is 19.2. The number of ether oxygens (including phenoxy) is 2. The van der Waals surface area contributed by atoms with Gasteiger partial charge in [-0.1, -0.05) is 32.0 Å². The van der Waals surface area contributed by atoms with Crippen LogP contribution in [0.2, 0.25) is 0 Å². The van der Waals surface area contributed by atoms with Gasteiger partial charge >= 0.3 is 5.97 Å². The Morgan fingerprint density at radius 3 is 2.36 bits per heavy atom. The van der Waals surface area contributed by atoms with E-state index in [-0.39, 0.29) is 5.92 Å². The summed E-state index contributed by atoms with van der Waals surface area (Å²) >= 11 is 0. The van der Waals surface area contributed by atoms with Crippen molar-refractivity contribution < 1.29 is 32.2 Å². The molecule has 0 radical (unpaired) electrons. The van der Waals surface area contributed by atoms with Crippen LogP contribution in [0.25, 0.3) is 0 Å². The molecule has 0 aliphatic heterocycles. The molecule has 5 nitrogen and oxygen atoms in total. The maximum atomic E-state index is 13.6. The summed E-state index contributed by atoms with van der Waals surface area (Å²) in [4.78, 5) is 23.9. The topological polar surface area (TPSA) is 64.6 Å². The lowest BCUT2D eigenvalue weighted by Gasteiger charge is -2.16. The molecule has 0 saturated heterocycles. The molecule has 1 N–H and O–H groups in total. The maximum Gasteiger partial charge on any atom is 0.344 e. The second kappa shape index (κ2) is 9.25. The molecule has 2 aromatic rings. The molecule has 0 bridgehead atoms. The average molecular weight is 395 g/mol. The number of rotatable bonds is 7. The SMILES string of the molecule is CC(C)c1ccccc1OCC(=O)O[C@H](C)C(=O)Nc1ccc(F)c(F)c1F. The van der Waals surface area contributed by atoms with Crippen LogP contribution in [0.5, 0.6) is 5.75 Å². The van der Waals surface area contributed by atoms with E-state index in [1.807, 2.05) is 31.3 Å². The van der Waals surface area contributed by atoms with Crippen molar-refractivity contribution in [1.82, 2.24) is 0 Å². The van der Waals surface area contributed by atoms with Gasteiger partial charge in [-0.2, -0.15) is 0 Å². The molecule has 8 heteroatoms. The van der Waals surface area contributed by atoms with Crippen LogP contribution >= 0.6 is 0 Å². The molecule has 0 aliphatic rings. The number of carbonyl (C=O) groups excluding carboxylic acids is 2. The van der Waals surface area contributed by atoms with Gasteiger partial charge in [-0.05, 0) is 36.6 Å². The van der Waals surface area contributed by atoms with Crippen LogP contribution in [0.1, 0.15) is 32.3 Å². The third-order valence-electron chi connectivity index (χ3n) is 3.86. The predicted molar refractivity (Wildman–Crippen MR) is 96.5 cm³/mol. The van der Waals surface area contributed by atoms with E-state index in [9.17, 15) is 22.8 Å². The molecular weight excluding hydrogens is 375 g/mol. The number of para-hydroxylation sites is 1. The van der Waals surface area contributed by atoms with Crippen LogP contribution in [-0.4, -0.2) is 24.6 Å². The van der Waals surface area contributed by atoms with Gasteiger partial charge in [0.15, 0.2) is 30.2 Å². The largest absolute Gasteiger partial charge is 0.482 e. The van der Waals surface area contributed by atoms with E-state index in [2.05, 4.69) is 0 Å². The zero-order valence-corrected chi connectivity index (χ0v) is 15.6. The van der Waals surface area contributed by atoms with Gasteiger partial charge in [0, 0.05) is 0 Å². The maximum absolute atomic E-state index is 13.6. The van der Waals surface area contributed by atoms with Crippen molar-refractivity contribution in [3.05, 3.63) is 59.4 Å². The lowest BCUT2D eigenvalue weighted by Crippen LogP contribution is -2.32. The fourth-order valence-electron chi connectivity index (χ4n) is 2.37. The Morgan fingerprint density at radius 1 is 1.00 bits per heavy atom. The van der Waals surface area contributed by atoms with Crippen LogP contribution < -0.4 is 10.1 Å². The summed E-state index contributed by atoms with van der Waals surface area (Å²) in [6.07, 6.45) is -1.30. The van der Waals surface area contributed by atoms with Crippen molar-refractivity contribution in [1.29, 1.82) is 0 Å². The van der Waals surface area contributed by atoms with E-state index in [1.54, 1.807) is 12.1 Å². The minimum absolute atomic E-state index is 0.183. The number of nitrogens with one attached hydrogen (secondary N) is 1. The van der Waals surface area contributed by atoms with Gasteiger partial charge in [-0.3, -0.25) is 4.79 Å². The lowest BCUT2D eigenvalue weighted by molar-refractivity contribution is -0.155. The number of carbonyl (C=O) groups is 2. The Hall–Kier alpha value is -3.03. The summed E-state index contributed by atoms with van der Waals surface area (Å²) in [6.45, 7) is 4.78. The second-order valence-corrected chi connectivity index (χ2v) is 6.33. The van der Waals surface area contributed by atoms with Gasteiger partial charge < -0.3 is 14.8 Å². The standard InChI is InChI=1S/C20H20F3NO4/c1-11(2)13-6-4-5-7-16(13)27-10-17(25)28-12(3)20(26)24-15-9-8-14(21)18(22)19(15)23/h4-9,11-12H,10H2,1-3H3,(H,24,26)/t12-/m1/s1. The monoisotopic (exact) mass is 395 g/mol.